The number of cyclic esters (lactones) is 1. The minimum absolute atomic E-state index is 0.0593. The third-order valence-corrected chi connectivity index (χ3v) is 10.3. The van der Waals surface area contributed by atoms with Crippen LogP contribution < -0.4 is 5.32 Å². The second-order valence-electron chi connectivity index (χ2n) is 14.4. The number of fused-ring (bicyclic) bond motifs is 1. The van der Waals surface area contributed by atoms with Crippen LogP contribution in [-0.2, 0) is 47.6 Å². The zero-order valence-corrected chi connectivity index (χ0v) is 30.4. The maximum Gasteiger partial charge on any atom is 0.408 e. The molecule has 0 bridgehead atoms. The number of Topliss-reactive ketones (excluding diaryl/α,β-unsaturated/α-hetero) is 2. The van der Waals surface area contributed by atoms with E-state index in [2.05, 4.69) is 11.9 Å². The van der Waals surface area contributed by atoms with E-state index in [0.717, 1.165) is 0 Å². The molecule has 1 N–H and O–H groups in total. The van der Waals surface area contributed by atoms with Crippen molar-refractivity contribution in [3.05, 3.63) is 12.7 Å². The Bertz CT molecular complexity index is 1220. The number of carbonyl (C=O) groups excluding carboxylic acids is 5. The molecule has 3 aliphatic heterocycles. The molecule has 0 aromatic carbocycles. The van der Waals surface area contributed by atoms with E-state index in [9.17, 15) is 24.0 Å². The van der Waals surface area contributed by atoms with Gasteiger partial charge in [-0.3, -0.25) is 19.2 Å². The van der Waals surface area contributed by atoms with Crippen LogP contribution in [0.2, 0.25) is 0 Å². The van der Waals surface area contributed by atoms with Crippen LogP contribution in [0.15, 0.2) is 12.7 Å². The van der Waals surface area contributed by atoms with Crippen LogP contribution in [0.25, 0.3) is 0 Å². The number of nitrogens with zero attached hydrogens (tertiary/aromatic N) is 1. The maximum atomic E-state index is 14.2. The first-order chi connectivity index (χ1) is 22.3. The lowest BCUT2D eigenvalue weighted by molar-refractivity contribution is -0.299. The first kappa shape index (κ1) is 39.6. The first-order valence-electron chi connectivity index (χ1n) is 17.0. The normalized spacial score (nSPS) is 41.5. The summed E-state index contributed by atoms with van der Waals surface area (Å²) in [4.78, 5) is 68.9. The number of esters is 2. The summed E-state index contributed by atoms with van der Waals surface area (Å²) in [6, 6.07) is -1.09. The fraction of sp³-hybridized carbons (Fsp3) is 0.800. The van der Waals surface area contributed by atoms with Crippen molar-refractivity contribution in [3.63, 3.8) is 0 Å². The molecule has 3 heterocycles. The average molecular weight is 681 g/mol. The number of carbonyl (C=O) groups is 5. The molecular weight excluding hydrogens is 624 g/mol. The number of nitrogens with one attached hydrogen (secondary N) is 1. The number of alkyl carbamates (subject to hydrolysis) is 1. The SMILES string of the molecule is C=CCO[C@@]1(C)C[C@@H](C)C(=O)[C@@H](C)[C@H]2NC(=O)O[C@]2(C)[C@H](CC)OC(=O)[C@H](C)C(=O)[C@H](C)[C@H]1O[C@@H]1O[C@H](C)C[C@H](N(C)C)[C@H]1OC(C)=O. The topological polar surface area (TPSA) is 156 Å². The molecule has 0 aliphatic carbocycles. The van der Waals surface area contributed by atoms with Crippen LogP contribution in [0.1, 0.15) is 81.6 Å². The number of likely N-dealkylation sites (N-methyl/N-ethyl adjacent to an activating group) is 1. The van der Waals surface area contributed by atoms with Crippen molar-refractivity contribution in [1.82, 2.24) is 10.2 Å². The van der Waals surface area contributed by atoms with Crippen LogP contribution in [0.3, 0.4) is 0 Å². The second kappa shape index (κ2) is 15.8. The zero-order chi connectivity index (χ0) is 36.3. The molecule has 3 fully saturated rings. The summed E-state index contributed by atoms with van der Waals surface area (Å²) >= 11 is 0. The van der Waals surface area contributed by atoms with Gasteiger partial charge in [0, 0.05) is 24.7 Å². The predicted octanol–water partition coefficient (Wildman–Crippen LogP) is 3.60. The molecule has 0 radical (unpaired) electrons. The molecule has 13 nitrogen and oxygen atoms in total. The van der Waals surface area contributed by atoms with Crippen LogP contribution in [-0.4, -0.2) is 109 Å². The Morgan fingerprint density at radius 2 is 1.71 bits per heavy atom. The largest absolute Gasteiger partial charge is 0.458 e. The molecule has 3 saturated heterocycles. The van der Waals surface area contributed by atoms with E-state index < -0.39 is 89.3 Å². The van der Waals surface area contributed by atoms with Gasteiger partial charge in [0.2, 0.25) is 0 Å². The number of amides is 1. The molecule has 0 saturated carbocycles. The maximum absolute atomic E-state index is 14.2. The van der Waals surface area contributed by atoms with Gasteiger partial charge in [0.1, 0.15) is 17.8 Å². The molecule has 48 heavy (non-hydrogen) atoms. The van der Waals surface area contributed by atoms with E-state index >= 15 is 0 Å². The van der Waals surface area contributed by atoms with Gasteiger partial charge >= 0.3 is 18.0 Å². The van der Waals surface area contributed by atoms with Gasteiger partial charge in [-0.25, -0.2) is 4.79 Å². The van der Waals surface area contributed by atoms with E-state index in [-0.39, 0.29) is 37.4 Å². The fourth-order valence-electron chi connectivity index (χ4n) is 7.68. The van der Waals surface area contributed by atoms with Gasteiger partial charge in [-0.2, -0.15) is 0 Å². The number of hydrogen-bond acceptors (Lipinski definition) is 12. The fourth-order valence-corrected chi connectivity index (χ4v) is 7.68. The minimum atomic E-state index is -1.37. The van der Waals surface area contributed by atoms with Gasteiger partial charge in [-0.1, -0.05) is 33.8 Å². The average Bonchev–Trinajstić information content (AvgIpc) is 3.33. The molecule has 0 spiro atoms. The smallest absolute Gasteiger partial charge is 0.408 e. The van der Waals surface area contributed by atoms with Crippen molar-refractivity contribution in [1.29, 1.82) is 0 Å². The van der Waals surface area contributed by atoms with Crippen molar-refractivity contribution in [2.75, 3.05) is 20.7 Å². The number of ketones is 2. The highest BCUT2D eigenvalue weighted by molar-refractivity contribution is 6.00. The van der Waals surface area contributed by atoms with E-state index in [1.807, 2.05) is 25.9 Å². The predicted molar refractivity (Wildman–Crippen MR) is 175 cm³/mol. The van der Waals surface area contributed by atoms with E-state index in [1.54, 1.807) is 47.6 Å². The van der Waals surface area contributed by atoms with Gasteiger partial charge in [0.25, 0.3) is 0 Å². The van der Waals surface area contributed by atoms with Crippen LogP contribution in [0, 0.1) is 23.7 Å². The van der Waals surface area contributed by atoms with Crippen molar-refractivity contribution in [2.24, 2.45) is 23.7 Å². The Morgan fingerprint density at radius 3 is 2.27 bits per heavy atom. The third kappa shape index (κ3) is 8.28. The summed E-state index contributed by atoms with van der Waals surface area (Å²) in [6.45, 7) is 18.8. The molecule has 3 aliphatic rings. The first-order valence-corrected chi connectivity index (χ1v) is 17.0. The quantitative estimate of drug-likeness (QED) is 0.172. The number of ether oxygens (including phenoxy) is 6. The molecule has 1 amide bonds. The Balaban J connectivity index is 2.18. The van der Waals surface area contributed by atoms with E-state index in [1.165, 1.54) is 13.8 Å². The lowest BCUT2D eigenvalue weighted by atomic mass is 9.73. The molecule has 0 aromatic heterocycles. The standard InChI is InChI=1S/C35H56N2O11/c1-13-15-43-34(9)17-18(3)26(39)20(5)29-35(10,48-33(42)36-29)25(14-2)46-31(41)22(7)27(40)21(6)30(34)47-32-28(45-23(8)38)24(37(11)12)16-19(4)44-32/h13,18-22,24-25,28-30,32H,1,14-17H2,2-12H3,(H,36,42)/t18-,19-,20-,21+,22-,24+,25+,28-,29-,30-,32+,34+,35-/m1/s1. The Kier molecular flexibility index (Phi) is 13.0. The van der Waals surface area contributed by atoms with Crippen molar-refractivity contribution in [3.8, 4) is 0 Å². The van der Waals surface area contributed by atoms with Crippen LogP contribution >= 0.6 is 0 Å². The van der Waals surface area contributed by atoms with Crippen LogP contribution in [0.5, 0.6) is 0 Å². The number of rotatable bonds is 8. The highest BCUT2D eigenvalue weighted by Gasteiger charge is 2.57. The molecule has 13 atom stereocenters. The zero-order valence-electron chi connectivity index (χ0n) is 30.4. The van der Waals surface area contributed by atoms with Crippen LogP contribution in [0.4, 0.5) is 4.79 Å². The summed E-state index contributed by atoms with van der Waals surface area (Å²) in [5, 5.41) is 2.77. The summed E-state index contributed by atoms with van der Waals surface area (Å²) in [6.07, 6.45) is -2.55. The van der Waals surface area contributed by atoms with Gasteiger partial charge < -0.3 is 38.6 Å². The van der Waals surface area contributed by atoms with Crippen molar-refractivity contribution >= 4 is 29.6 Å². The Morgan fingerprint density at radius 1 is 1.06 bits per heavy atom. The second-order valence-corrected chi connectivity index (χ2v) is 14.4. The highest BCUT2D eigenvalue weighted by Crippen LogP contribution is 2.40. The van der Waals surface area contributed by atoms with E-state index in [4.69, 9.17) is 28.4 Å². The molecule has 0 aromatic rings. The molecule has 13 heteroatoms. The summed E-state index contributed by atoms with van der Waals surface area (Å²) in [5.41, 5.74) is -2.69. The molecule has 272 valence electrons. The lowest BCUT2D eigenvalue weighted by Crippen LogP contribution is -2.61. The van der Waals surface area contributed by atoms with E-state index in [0.29, 0.717) is 6.42 Å². The molecular formula is C35H56N2O11. The number of hydrogen-bond donors (Lipinski definition) is 1. The summed E-state index contributed by atoms with van der Waals surface area (Å²) in [7, 11) is 3.74. The van der Waals surface area contributed by atoms with Gasteiger partial charge in [-0.05, 0) is 61.1 Å². The third-order valence-electron chi connectivity index (χ3n) is 10.3. The van der Waals surface area contributed by atoms with Gasteiger partial charge in [0.15, 0.2) is 23.8 Å². The Labute approximate surface area is 284 Å². The monoisotopic (exact) mass is 680 g/mol. The van der Waals surface area contributed by atoms with Crippen molar-refractivity contribution in [2.45, 2.75) is 136 Å². The highest BCUT2D eigenvalue weighted by atomic mass is 16.7. The van der Waals surface area contributed by atoms with Crippen molar-refractivity contribution < 1.29 is 52.4 Å². The molecule has 3 rings (SSSR count). The summed E-state index contributed by atoms with van der Waals surface area (Å²) < 4.78 is 36.8. The van der Waals surface area contributed by atoms with Gasteiger partial charge in [-0.15, -0.1) is 6.58 Å². The summed E-state index contributed by atoms with van der Waals surface area (Å²) in [5.74, 6) is -5.63. The Hall–Kier alpha value is -2.87. The lowest BCUT2D eigenvalue weighted by Gasteiger charge is -2.48. The van der Waals surface area contributed by atoms with Gasteiger partial charge in [0.05, 0.1) is 36.5 Å². The minimum Gasteiger partial charge on any atom is -0.458 e. The molecule has 0 unspecified atom stereocenters.